The summed E-state index contributed by atoms with van der Waals surface area (Å²) in [5.74, 6) is 1.69. The summed E-state index contributed by atoms with van der Waals surface area (Å²) >= 11 is 6.16. The SMILES string of the molecule is CCCc1nc(Cl)c(C)c(NN2CCCCC2)n1. The molecule has 0 radical (unpaired) electrons. The molecule has 4 nitrogen and oxygen atoms in total. The van der Waals surface area contributed by atoms with Gasteiger partial charge in [-0.25, -0.2) is 15.0 Å². The van der Waals surface area contributed by atoms with E-state index in [9.17, 15) is 0 Å². The second kappa shape index (κ2) is 6.34. The molecule has 0 bridgehead atoms. The maximum absolute atomic E-state index is 6.16. The molecule has 1 aromatic rings. The molecule has 100 valence electrons. The first-order valence-electron chi connectivity index (χ1n) is 6.75. The number of hydrogen-bond acceptors (Lipinski definition) is 4. The van der Waals surface area contributed by atoms with Crippen molar-refractivity contribution in [2.45, 2.75) is 46.0 Å². The number of hydrazine groups is 1. The maximum atomic E-state index is 6.16. The van der Waals surface area contributed by atoms with E-state index in [0.717, 1.165) is 43.1 Å². The second-order valence-corrected chi connectivity index (χ2v) is 5.17. The minimum Gasteiger partial charge on any atom is -0.303 e. The van der Waals surface area contributed by atoms with E-state index >= 15 is 0 Å². The maximum Gasteiger partial charge on any atom is 0.148 e. The van der Waals surface area contributed by atoms with Crippen molar-refractivity contribution in [3.05, 3.63) is 16.5 Å². The molecule has 0 saturated carbocycles. The van der Waals surface area contributed by atoms with Crippen LogP contribution in [0.15, 0.2) is 0 Å². The summed E-state index contributed by atoms with van der Waals surface area (Å²) in [5.41, 5.74) is 4.32. The lowest BCUT2D eigenvalue weighted by Crippen LogP contribution is -2.35. The molecular formula is C13H21ClN4. The summed E-state index contributed by atoms with van der Waals surface area (Å²) in [6, 6.07) is 0. The number of aromatic nitrogens is 2. The third-order valence-electron chi connectivity index (χ3n) is 3.23. The fourth-order valence-electron chi connectivity index (χ4n) is 2.13. The molecule has 0 aromatic carbocycles. The van der Waals surface area contributed by atoms with Crippen LogP contribution in [0.1, 0.15) is 44.0 Å². The largest absolute Gasteiger partial charge is 0.303 e. The van der Waals surface area contributed by atoms with Crippen LogP contribution in [0.25, 0.3) is 0 Å². The molecule has 18 heavy (non-hydrogen) atoms. The first kappa shape index (κ1) is 13.6. The van der Waals surface area contributed by atoms with E-state index in [2.05, 4.69) is 27.3 Å². The molecule has 0 amide bonds. The summed E-state index contributed by atoms with van der Waals surface area (Å²) in [4.78, 5) is 8.88. The summed E-state index contributed by atoms with van der Waals surface area (Å²) in [6.07, 6.45) is 5.71. The van der Waals surface area contributed by atoms with Gasteiger partial charge in [0.15, 0.2) is 0 Å². The fraction of sp³-hybridized carbons (Fsp3) is 0.692. The Hall–Kier alpha value is -0.870. The van der Waals surface area contributed by atoms with Crippen molar-refractivity contribution in [3.63, 3.8) is 0 Å². The summed E-state index contributed by atoms with van der Waals surface area (Å²) < 4.78 is 0. The fourth-order valence-corrected chi connectivity index (χ4v) is 2.32. The molecule has 1 aliphatic heterocycles. The van der Waals surface area contributed by atoms with Crippen LogP contribution in [0.2, 0.25) is 5.15 Å². The molecule has 5 heteroatoms. The topological polar surface area (TPSA) is 41.1 Å². The third kappa shape index (κ3) is 3.33. The van der Waals surface area contributed by atoms with Crippen LogP contribution in [0.5, 0.6) is 0 Å². The van der Waals surface area contributed by atoms with Gasteiger partial charge in [-0.05, 0) is 26.2 Å². The predicted octanol–water partition coefficient (Wildman–Crippen LogP) is 3.20. The molecule has 1 fully saturated rings. The van der Waals surface area contributed by atoms with Gasteiger partial charge in [0.2, 0.25) is 0 Å². The van der Waals surface area contributed by atoms with E-state index in [1.165, 1.54) is 19.3 Å². The Labute approximate surface area is 114 Å². The van der Waals surface area contributed by atoms with Gasteiger partial charge in [-0.3, -0.25) is 0 Å². The molecule has 1 saturated heterocycles. The Bertz CT molecular complexity index is 402. The summed E-state index contributed by atoms with van der Waals surface area (Å²) in [5, 5.41) is 2.79. The van der Waals surface area contributed by atoms with Gasteiger partial charge in [0, 0.05) is 25.1 Å². The Morgan fingerprint density at radius 1 is 1.22 bits per heavy atom. The zero-order chi connectivity index (χ0) is 13.0. The van der Waals surface area contributed by atoms with Gasteiger partial charge in [0.25, 0.3) is 0 Å². The van der Waals surface area contributed by atoms with Crippen LogP contribution in [0.3, 0.4) is 0 Å². The quantitative estimate of drug-likeness (QED) is 0.852. The van der Waals surface area contributed by atoms with Gasteiger partial charge in [0.1, 0.15) is 16.8 Å². The molecule has 1 N–H and O–H groups in total. The van der Waals surface area contributed by atoms with Crippen LogP contribution in [-0.4, -0.2) is 28.1 Å². The number of nitrogens with zero attached hydrogens (tertiary/aromatic N) is 3. The minimum absolute atomic E-state index is 0.563. The van der Waals surface area contributed by atoms with E-state index in [-0.39, 0.29) is 0 Å². The standard InChI is InChI=1S/C13H21ClN4/c1-3-7-11-15-12(14)10(2)13(16-11)17-18-8-5-4-6-9-18/h3-9H2,1-2H3,(H,15,16,17). The average molecular weight is 269 g/mol. The normalized spacial score (nSPS) is 16.8. The number of anilines is 1. The van der Waals surface area contributed by atoms with E-state index in [4.69, 9.17) is 11.6 Å². The van der Waals surface area contributed by atoms with Gasteiger partial charge >= 0.3 is 0 Å². The zero-order valence-electron chi connectivity index (χ0n) is 11.2. The van der Waals surface area contributed by atoms with Crippen LogP contribution >= 0.6 is 11.6 Å². The number of hydrogen-bond donors (Lipinski definition) is 1. The number of nitrogens with one attached hydrogen (secondary N) is 1. The molecule has 2 rings (SSSR count). The molecule has 0 unspecified atom stereocenters. The highest BCUT2D eigenvalue weighted by atomic mass is 35.5. The van der Waals surface area contributed by atoms with Crippen molar-refractivity contribution in [3.8, 4) is 0 Å². The molecule has 0 atom stereocenters. The van der Waals surface area contributed by atoms with Crippen LogP contribution < -0.4 is 5.43 Å². The predicted molar refractivity (Wildman–Crippen MR) is 74.8 cm³/mol. The van der Waals surface area contributed by atoms with Crippen molar-refractivity contribution >= 4 is 17.4 Å². The molecule has 1 aromatic heterocycles. The summed E-state index contributed by atoms with van der Waals surface area (Å²) in [6.45, 7) is 6.23. The number of aryl methyl sites for hydroxylation is 1. The average Bonchev–Trinajstić information content (AvgIpc) is 2.37. The van der Waals surface area contributed by atoms with Gasteiger partial charge in [0.05, 0.1) is 0 Å². The van der Waals surface area contributed by atoms with E-state index in [0.29, 0.717) is 5.15 Å². The molecular weight excluding hydrogens is 248 g/mol. The Kier molecular flexibility index (Phi) is 4.78. The van der Waals surface area contributed by atoms with Crippen molar-refractivity contribution in [1.29, 1.82) is 0 Å². The lowest BCUT2D eigenvalue weighted by molar-refractivity contribution is 0.272. The monoisotopic (exact) mass is 268 g/mol. The zero-order valence-corrected chi connectivity index (χ0v) is 11.9. The van der Waals surface area contributed by atoms with Gasteiger partial charge in [-0.2, -0.15) is 0 Å². The van der Waals surface area contributed by atoms with Crippen LogP contribution in [0.4, 0.5) is 5.82 Å². The van der Waals surface area contributed by atoms with E-state index in [1.807, 2.05) is 6.92 Å². The van der Waals surface area contributed by atoms with Crippen molar-refractivity contribution in [2.75, 3.05) is 18.5 Å². The first-order chi connectivity index (χ1) is 8.70. The van der Waals surface area contributed by atoms with E-state index in [1.54, 1.807) is 0 Å². The van der Waals surface area contributed by atoms with Crippen molar-refractivity contribution < 1.29 is 0 Å². The number of halogens is 1. The third-order valence-corrected chi connectivity index (χ3v) is 3.59. The van der Waals surface area contributed by atoms with Crippen LogP contribution in [-0.2, 0) is 6.42 Å². The smallest absolute Gasteiger partial charge is 0.148 e. The second-order valence-electron chi connectivity index (χ2n) is 4.81. The van der Waals surface area contributed by atoms with Gasteiger partial charge in [-0.1, -0.05) is 24.9 Å². The van der Waals surface area contributed by atoms with E-state index < -0.39 is 0 Å². The lowest BCUT2D eigenvalue weighted by atomic mass is 10.2. The Morgan fingerprint density at radius 3 is 2.61 bits per heavy atom. The molecule has 0 spiro atoms. The number of piperidine rings is 1. The highest BCUT2D eigenvalue weighted by Gasteiger charge is 2.14. The Balaban J connectivity index is 2.14. The van der Waals surface area contributed by atoms with Gasteiger partial charge < -0.3 is 5.43 Å². The first-order valence-corrected chi connectivity index (χ1v) is 7.13. The summed E-state index contributed by atoms with van der Waals surface area (Å²) in [7, 11) is 0. The molecule has 0 aliphatic carbocycles. The van der Waals surface area contributed by atoms with Crippen molar-refractivity contribution in [1.82, 2.24) is 15.0 Å². The van der Waals surface area contributed by atoms with Crippen molar-refractivity contribution in [2.24, 2.45) is 0 Å². The lowest BCUT2D eigenvalue weighted by Gasteiger charge is -2.28. The minimum atomic E-state index is 0.563. The molecule has 2 heterocycles. The van der Waals surface area contributed by atoms with Crippen LogP contribution in [0, 0.1) is 6.92 Å². The number of rotatable bonds is 4. The Morgan fingerprint density at radius 2 is 1.94 bits per heavy atom. The highest BCUT2D eigenvalue weighted by Crippen LogP contribution is 2.21. The highest BCUT2D eigenvalue weighted by molar-refractivity contribution is 6.30. The van der Waals surface area contributed by atoms with Gasteiger partial charge in [-0.15, -0.1) is 0 Å². The molecule has 1 aliphatic rings.